The molecule has 3 N–H and O–H groups in total. The van der Waals surface area contributed by atoms with Gasteiger partial charge in [0.25, 0.3) is 0 Å². The Hall–Kier alpha value is -4.33. The zero-order chi connectivity index (χ0) is 29.1. The van der Waals surface area contributed by atoms with E-state index in [0.717, 1.165) is 18.8 Å². The molecule has 6 rings (SSSR count). The summed E-state index contributed by atoms with van der Waals surface area (Å²) in [6, 6.07) is 14.7. The molecule has 41 heavy (non-hydrogen) atoms. The van der Waals surface area contributed by atoms with Crippen LogP contribution in [0.4, 0.5) is 5.95 Å². The summed E-state index contributed by atoms with van der Waals surface area (Å²) >= 11 is 0. The number of anilines is 1. The maximum atomic E-state index is 11.7. The zero-order valence-electron chi connectivity index (χ0n) is 23.5. The van der Waals surface area contributed by atoms with E-state index in [1.165, 1.54) is 4.57 Å². The van der Waals surface area contributed by atoms with Crippen molar-refractivity contribution in [2.45, 2.75) is 57.8 Å². The second-order valence-electron chi connectivity index (χ2n) is 10.9. The SMILES string of the molecule is CCN(CC)c1nc(C)cc(OCC[C@]23C[C@H](O)[C@](C)(O2)c2c3c(O)n(-c3ccc(C#N)c4ccccc34)c2O)n1. The molecule has 2 aliphatic heterocycles. The predicted molar refractivity (Wildman–Crippen MR) is 153 cm³/mol. The molecule has 2 aromatic heterocycles. The molecule has 0 aliphatic carbocycles. The topological polar surface area (TPSA) is 137 Å². The van der Waals surface area contributed by atoms with Gasteiger partial charge in [-0.05, 0) is 39.8 Å². The molecule has 0 amide bonds. The molecule has 0 spiro atoms. The van der Waals surface area contributed by atoms with Gasteiger partial charge in [0, 0.05) is 48.5 Å². The molecular formula is C31H33N5O5. The standard InChI is InChI=1S/C31H33N5O5/c1-5-35(6-2)29-33-18(3)15-24(34-29)40-14-13-31-16-23(37)30(4,41-31)25-26(31)28(39)36(27(25)38)22-12-11-19(17-32)20-9-7-8-10-21(20)22/h7-12,15,23,37-39H,5-6,13-14,16H2,1-4H3/t23-,30-,31+/m0/s1. The van der Waals surface area contributed by atoms with Crippen LogP contribution in [0.1, 0.15) is 56.0 Å². The van der Waals surface area contributed by atoms with Crippen LogP contribution >= 0.6 is 0 Å². The number of hydrogen-bond donors (Lipinski definition) is 3. The molecule has 1 fully saturated rings. The Morgan fingerprint density at radius 1 is 1.10 bits per heavy atom. The molecule has 4 aromatic rings. The number of rotatable bonds is 8. The number of aryl methyl sites for hydroxylation is 1. The van der Waals surface area contributed by atoms with Crippen LogP contribution < -0.4 is 9.64 Å². The lowest BCUT2D eigenvalue weighted by molar-refractivity contribution is -0.107. The van der Waals surface area contributed by atoms with Crippen molar-refractivity contribution in [3.8, 4) is 29.4 Å². The predicted octanol–water partition coefficient (Wildman–Crippen LogP) is 4.53. The first kappa shape index (κ1) is 26.9. The van der Waals surface area contributed by atoms with Crippen LogP contribution in [0.3, 0.4) is 0 Å². The fourth-order valence-corrected chi connectivity index (χ4v) is 6.49. The number of hydrogen-bond acceptors (Lipinski definition) is 9. The normalized spacial score (nSPS) is 22.6. The molecule has 0 unspecified atom stereocenters. The minimum Gasteiger partial charge on any atom is -0.494 e. The van der Waals surface area contributed by atoms with Crippen molar-refractivity contribution in [3.05, 3.63) is 64.8 Å². The first-order valence-corrected chi connectivity index (χ1v) is 13.9. The number of nitrogens with zero attached hydrogens (tertiary/aromatic N) is 5. The van der Waals surface area contributed by atoms with E-state index < -0.39 is 17.3 Å². The lowest BCUT2D eigenvalue weighted by Gasteiger charge is -2.26. The summed E-state index contributed by atoms with van der Waals surface area (Å²) in [4.78, 5) is 11.1. The summed E-state index contributed by atoms with van der Waals surface area (Å²) in [7, 11) is 0. The number of aliphatic hydroxyl groups excluding tert-OH is 1. The van der Waals surface area contributed by atoms with Crippen molar-refractivity contribution < 1.29 is 24.8 Å². The van der Waals surface area contributed by atoms with E-state index in [1.807, 2.05) is 49.9 Å². The Morgan fingerprint density at radius 3 is 2.51 bits per heavy atom. The van der Waals surface area contributed by atoms with Crippen molar-refractivity contribution in [3.63, 3.8) is 0 Å². The van der Waals surface area contributed by atoms with E-state index >= 15 is 0 Å². The first-order chi connectivity index (χ1) is 19.7. The monoisotopic (exact) mass is 555 g/mol. The minimum atomic E-state index is -1.22. The highest BCUT2D eigenvalue weighted by atomic mass is 16.6. The van der Waals surface area contributed by atoms with Crippen molar-refractivity contribution in [1.82, 2.24) is 14.5 Å². The number of benzene rings is 2. The van der Waals surface area contributed by atoms with Gasteiger partial charge in [0.1, 0.15) is 11.2 Å². The van der Waals surface area contributed by atoms with E-state index in [-0.39, 0.29) is 24.8 Å². The molecule has 4 heterocycles. The molecule has 10 heteroatoms. The largest absolute Gasteiger partial charge is 0.494 e. The maximum absolute atomic E-state index is 11.7. The Bertz CT molecular complexity index is 1710. The van der Waals surface area contributed by atoms with Gasteiger partial charge in [-0.15, -0.1) is 0 Å². The van der Waals surface area contributed by atoms with Crippen LogP contribution in [0.5, 0.6) is 17.6 Å². The van der Waals surface area contributed by atoms with Gasteiger partial charge in [-0.25, -0.2) is 4.98 Å². The lowest BCUT2D eigenvalue weighted by Crippen LogP contribution is -2.33. The van der Waals surface area contributed by atoms with Gasteiger partial charge < -0.3 is 29.7 Å². The average molecular weight is 556 g/mol. The van der Waals surface area contributed by atoms with Gasteiger partial charge in [0.2, 0.25) is 23.6 Å². The van der Waals surface area contributed by atoms with Crippen molar-refractivity contribution in [1.29, 1.82) is 5.26 Å². The van der Waals surface area contributed by atoms with Crippen molar-refractivity contribution in [2.24, 2.45) is 0 Å². The summed E-state index contributed by atoms with van der Waals surface area (Å²) < 4.78 is 13.9. The van der Waals surface area contributed by atoms with E-state index in [4.69, 9.17) is 9.47 Å². The number of ether oxygens (including phenoxy) is 2. The van der Waals surface area contributed by atoms with Gasteiger partial charge in [-0.1, -0.05) is 24.3 Å². The van der Waals surface area contributed by atoms with Gasteiger partial charge in [-0.3, -0.25) is 4.57 Å². The highest BCUT2D eigenvalue weighted by Crippen LogP contribution is 2.65. The second kappa shape index (κ2) is 9.65. The Labute approximate surface area is 238 Å². The number of nitriles is 1. The number of fused-ring (bicyclic) bond motifs is 6. The Kier molecular flexibility index (Phi) is 6.32. The Morgan fingerprint density at radius 2 is 1.80 bits per heavy atom. The smallest absolute Gasteiger partial charge is 0.228 e. The maximum Gasteiger partial charge on any atom is 0.228 e. The zero-order valence-corrected chi connectivity index (χ0v) is 23.5. The van der Waals surface area contributed by atoms with Crippen molar-refractivity contribution in [2.75, 3.05) is 24.6 Å². The molecule has 0 radical (unpaired) electrons. The average Bonchev–Trinajstić information content (AvgIpc) is 3.49. The molecule has 10 nitrogen and oxygen atoms in total. The molecule has 2 aromatic carbocycles. The second-order valence-corrected chi connectivity index (χ2v) is 10.9. The van der Waals surface area contributed by atoms with E-state index in [0.29, 0.717) is 51.4 Å². The third kappa shape index (κ3) is 3.91. The van der Waals surface area contributed by atoms with Crippen molar-refractivity contribution >= 4 is 16.7 Å². The summed E-state index contributed by atoms with van der Waals surface area (Å²) in [5, 5.41) is 45.3. The fraction of sp³-hybridized carbons (Fsp3) is 0.387. The number of aromatic nitrogens is 3. The minimum absolute atomic E-state index is 0.162. The highest BCUT2D eigenvalue weighted by molar-refractivity contribution is 5.95. The van der Waals surface area contributed by atoms with Crippen LogP contribution in [0.15, 0.2) is 42.5 Å². The molecule has 2 bridgehead atoms. The van der Waals surface area contributed by atoms with Crippen LogP contribution in [0, 0.1) is 18.3 Å². The summed E-state index contributed by atoms with van der Waals surface area (Å²) in [6.07, 6.45) is -0.357. The van der Waals surface area contributed by atoms with Crippen LogP contribution in [0.2, 0.25) is 0 Å². The molecule has 1 saturated heterocycles. The molecular weight excluding hydrogens is 522 g/mol. The van der Waals surface area contributed by atoms with Gasteiger partial charge in [0.05, 0.1) is 41.2 Å². The fourth-order valence-electron chi connectivity index (χ4n) is 6.49. The molecule has 2 aliphatic rings. The summed E-state index contributed by atoms with van der Waals surface area (Å²) in [6.45, 7) is 9.44. The summed E-state index contributed by atoms with van der Waals surface area (Å²) in [5.41, 5.74) is 0.313. The van der Waals surface area contributed by atoms with Gasteiger partial charge in [0.15, 0.2) is 0 Å². The quantitative estimate of drug-likeness (QED) is 0.286. The van der Waals surface area contributed by atoms with E-state index in [2.05, 4.69) is 16.0 Å². The third-order valence-electron chi connectivity index (χ3n) is 8.52. The van der Waals surface area contributed by atoms with Gasteiger partial charge in [-0.2, -0.15) is 10.2 Å². The highest BCUT2D eigenvalue weighted by Gasteiger charge is 2.66. The number of aliphatic hydroxyl groups is 1. The Balaban J connectivity index is 1.38. The van der Waals surface area contributed by atoms with E-state index in [9.17, 15) is 20.6 Å². The van der Waals surface area contributed by atoms with Crippen LogP contribution in [-0.2, 0) is 15.9 Å². The first-order valence-electron chi connectivity index (χ1n) is 13.9. The number of aromatic hydroxyl groups is 2. The van der Waals surface area contributed by atoms with Gasteiger partial charge >= 0.3 is 0 Å². The molecule has 212 valence electrons. The molecule has 0 saturated carbocycles. The van der Waals surface area contributed by atoms with Crippen LogP contribution in [0.25, 0.3) is 16.5 Å². The summed E-state index contributed by atoms with van der Waals surface area (Å²) in [5.74, 6) is 0.668. The third-order valence-corrected chi connectivity index (χ3v) is 8.52. The molecule has 3 atom stereocenters. The lowest BCUT2D eigenvalue weighted by atomic mass is 9.76. The van der Waals surface area contributed by atoms with Crippen LogP contribution in [-0.4, -0.2) is 55.7 Å². The van der Waals surface area contributed by atoms with E-state index in [1.54, 1.807) is 25.1 Å².